The highest BCUT2D eigenvalue weighted by Crippen LogP contribution is 2.23. The fraction of sp³-hybridized carbons (Fsp3) is 0.267. The highest BCUT2D eigenvalue weighted by Gasteiger charge is 2.16. The summed E-state index contributed by atoms with van der Waals surface area (Å²) in [6.07, 6.45) is 0. The fourth-order valence-corrected chi connectivity index (χ4v) is 2.70. The molecule has 0 fully saturated rings. The molecule has 0 unspecified atom stereocenters. The van der Waals surface area contributed by atoms with Gasteiger partial charge in [0.2, 0.25) is 0 Å². The van der Waals surface area contributed by atoms with Gasteiger partial charge < -0.3 is 10.7 Å². The Bertz CT molecular complexity index is 831. The highest BCUT2D eigenvalue weighted by molar-refractivity contribution is 7.80. The van der Waals surface area contributed by atoms with Gasteiger partial charge in [0.15, 0.2) is 0 Å². The minimum absolute atomic E-state index is 0.301. The van der Waals surface area contributed by atoms with Crippen LogP contribution in [0.1, 0.15) is 27.9 Å². The molecule has 21 heavy (non-hydrogen) atoms. The van der Waals surface area contributed by atoms with Gasteiger partial charge in [-0.05, 0) is 50.5 Å². The molecule has 0 aliphatic rings. The maximum absolute atomic E-state index is 12.2. The summed E-state index contributed by atoms with van der Waals surface area (Å²) in [7, 11) is 0. The van der Waals surface area contributed by atoms with Crippen LogP contribution in [0.25, 0.3) is 5.69 Å². The second-order valence-corrected chi connectivity index (χ2v) is 5.57. The molecule has 2 aromatic rings. The van der Waals surface area contributed by atoms with Gasteiger partial charge in [0.1, 0.15) is 4.99 Å². The minimum atomic E-state index is -0.450. The van der Waals surface area contributed by atoms with Crippen molar-refractivity contribution in [3.05, 3.63) is 60.9 Å². The predicted octanol–water partition coefficient (Wildman–Crippen LogP) is 1.39. The molecule has 0 aliphatic heterocycles. The Balaban J connectivity index is 2.90. The molecule has 6 heteroatoms. The van der Waals surface area contributed by atoms with Crippen LogP contribution >= 0.6 is 12.2 Å². The second-order valence-electron chi connectivity index (χ2n) is 5.14. The highest BCUT2D eigenvalue weighted by atomic mass is 32.1. The van der Waals surface area contributed by atoms with Gasteiger partial charge in [-0.25, -0.2) is 9.36 Å². The summed E-state index contributed by atoms with van der Waals surface area (Å²) in [5.74, 6) is 0. The van der Waals surface area contributed by atoms with Crippen molar-refractivity contribution in [2.75, 3.05) is 0 Å². The number of nitrogens with zero attached hydrogens (tertiary/aromatic N) is 1. The molecule has 0 aliphatic carbocycles. The van der Waals surface area contributed by atoms with Gasteiger partial charge in [-0.15, -0.1) is 0 Å². The maximum Gasteiger partial charge on any atom is 0.333 e. The Morgan fingerprint density at radius 1 is 1.14 bits per heavy atom. The molecule has 0 atom stereocenters. The maximum atomic E-state index is 12.2. The van der Waals surface area contributed by atoms with Crippen LogP contribution in [0.4, 0.5) is 0 Å². The molecule has 0 spiro atoms. The summed E-state index contributed by atoms with van der Waals surface area (Å²) in [5, 5.41) is 0. The van der Waals surface area contributed by atoms with Crippen LogP contribution < -0.4 is 17.0 Å². The molecule has 0 radical (unpaired) electrons. The van der Waals surface area contributed by atoms with E-state index in [1.54, 1.807) is 6.92 Å². The van der Waals surface area contributed by atoms with Gasteiger partial charge in [-0.3, -0.25) is 4.79 Å². The zero-order valence-corrected chi connectivity index (χ0v) is 13.2. The zero-order chi connectivity index (χ0) is 15.9. The monoisotopic (exact) mass is 303 g/mol. The van der Waals surface area contributed by atoms with Crippen LogP contribution in [0.5, 0.6) is 0 Å². The SMILES string of the molecule is Cc1cc(=O)n(-c2c(C)cc(C(N)=S)c(C)c2C)c(=O)[nH]1. The van der Waals surface area contributed by atoms with E-state index in [1.165, 1.54) is 6.07 Å². The standard InChI is InChI=1S/C15H17N3O2S/c1-7-5-11(14(16)21)9(3)10(4)13(7)18-12(19)6-8(2)17-15(18)20/h5-6H,1-4H3,(H2,16,21)(H,17,20). The van der Waals surface area contributed by atoms with Crippen molar-refractivity contribution in [2.24, 2.45) is 5.73 Å². The van der Waals surface area contributed by atoms with Crippen LogP contribution in [0.3, 0.4) is 0 Å². The van der Waals surface area contributed by atoms with E-state index in [0.29, 0.717) is 16.4 Å². The molecule has 3 N–H and O–H groups in total. The minimum Gasteiger partial charge on any atom is -0.389 e. The average Bonchev–Trinajstić information content (AvgIpc) is 2.36. The number of rotatable bonds is 2. The number of aromatic nitrogens is 2. The van der Waals surface area contributed by atoms with Crippen LogP contribution in [-0.2, 0) is 0 Å². The van der Waals surface area contributed by atoms with Crippen molar-refractivity contribution < 1.29 is 0 Å². The Labute approximate surface area is 127 Å². The first-order valence-electron chi connectivity index (χ1n) is 6.48. The van der Waals surface area contributed by atoms with E-state index in [1.807, 2.05) is 26.8 Å². The first-order valence-corrected chi connectivity index (χ1v) is 6.88. The Kier molecular flexibility index (Phi) is 3.82. The third kappa shape index (κ3) is 2.54. The lowest BCUT2D eigenvalue weighted by Crippen LogP contribution is -2.35. The second kappa shape index (κ2) is 5.29. The normalized spacial score (nSPS) is 10.7. The average molecular weight is 303 g/mol. The predicted molar refractivity (Wildman–Crippen MR) is 87.5 cm³/mol. The van der Waals surface area contributed by atoms with E-state index < -0.39 is 5.69 Å². The molecule has 1 aromatic heterocycles. The Hall–Kier alpha value is -2.21. The van der Waals surface area contributed by atoms with E-state index in [2.05, 4.69) is 4.98 Å². The van der Waals surface area contributed by atoms with Crippen LogP contribution in [0, 0.1) is 27.7 Å². The number of aryl methyl sites for hydroxylation is 2. The topological polar surface area (TPSA) is 80.9 Å². The number of aromatic amines is 1. The summed E-state index contributed by atoms with van der Waals surface area (Å²) in [6, 6.07) is 3.21. The van der Waals surface area contributed by atoms with E-state index in [4.69, 9.17) is 18.0 Å². The van der Waals surface area contributed by atoms with Crippen molar-refractivity contribution in [2.45, 2.75) is 27.7 Å². The van der Waals surface area contributed by atoms with Gasteiger partial charge in [0.05, 0.1) is 5.69 Å². The molecule has 0 saturated carbocycles. The summed E-state index contributed by atoms with van der Waals surface area (Å²) in [4.78, 5) is 27.3. The summed E-state index contributed by atoms with van der Waals surface area (Å²) in [5.41, 5.74) is 9.25. The number of H-pyrrole nitrogens is 1. The molecule has 0 bridgehead atoms. The molecule has 5 nitrogen and oxygen atoms in total. The summed E-state index contributed by atoms with van der Waals surface area (Å²) in [6.45, 7) is 7.23. The lowest BCUT2D eigenvalue weighted by molar-refractivity contribution is 0.844. The number of hydrogen-bond donors (Lipinski definition) is 2. The molecule has 110 valence electrons. The Morgan fingerprint density at radius 3 is 2.29 bits per heavy atom. The van der Waals surface area contributed by atoms with Gasteiger partial charge >= 0.3 is 5.69 Å². The third-order valence-corrected chi connectivity index (χ3v) is 3.83. The number of hydrogen-bond acceptors (Lipinski definition) is 3. The van der Waals surface area contributed by atoms with E-state index in [0.717, 1.165) is 26.8 Å². The van der Waals surface area contributed by atoms with Crippen molar-refractivity contribution in [3.63, 3.8) is 0 Å². The molecular formula is C15H17N3O2S. The number of benzene rings is 1. The first kappa shape index (κ1) is 15.2. The number of thiocarbonyl (C=S) groups is 1. The molecule has 1 aromatic carbocycles. The molecule has 0 saturated heterocycles. The zero-order valence-electron chi connectivity index (χ0n) is 12.4. The third-order valence-electron chi connectivity index (χ3n) is 3.61. The lowest BCUT2D eigenvalue weighted by atomic mass is 9.97. The quantitative estimate of drug-likeness (QED) is 0.822. The molecular weight excluding hydrogens is 286 g/mol. The smallest absolute Gasteiger partial charge is 0.333 e. The molecule has 1 heterocycles. The van der Waals surface area contributed by atoms with Gasteiger partial charge in [-0.2, -0.15) is 0 Å². The van der Waals surface area contributed by atoms with E-state index in [-0.39, 0.29) is 5.56 Å². The molecule has 2 rings (SSSR count). The van der Waals surface area contributed by atoms with Crippen LogP contribution in [-0.4, -0.2) is 14.5 Å². The van der Waals surface area contributed by atoms with E-state index in [9.17, 15) is 9.59 Å². The largest absolute Gasteiger partial charge is 0.389 e. The fourth-order valence-electron chi connectivity index (χ4n) is 2.49. The lowest BCUT2D eigenvalue weighted by Gasteiger charge is -2.17. The molecule has 0 amide bonds. The summed E-state index contributed by atoms with van der Waals surface area (Å²) < 4.78 is 1.15. The van der Waals surface area contributed by atoms with Crippen molar-refractivity contribution in [1.82, 2.24) is 9.55 Å². The van der Waals surface area contributed by atoms with Gasteiger partial charge in [-0.1, -0.05) is 12.2 Å². The van der Waals surface area contributed by atoms with Gasteiger partial charge in [0, 0.05) is 17.3 Å². The van der Waals surface area contributed by atoms with Crippen LogP contribution in [0.15, 0.2) is 21.7 Å². The van der Waals surface area contributed by atoms with Gasteiger partial charge in [0.25, 0.3) is 5.56 Å². The Morgan fingerprint density at radius 2 is 1.76 bits per heavy atom. The van der Waals surface area contributed by atoms with Crippen molar-refractivity contribution in [3.8, 4) is 5.69 Å². The number of nitrogens with two attached hydrogens (primary N) is 1. The first-order chi connectivity index (χ1) is 9.73. The number of nitrogens with one attached hydrogen (secondary N) is 1. The van der Waals surface area contributed by atoms with Crippen LogP contribution in [0.2, 0.25) is 0 Å². The van der Waals surface area contributed by atoms with Crippen molar-refractivity contribution in [1.29, 1.82) is 0 Å². The van der Waals surface area contributed by atoms with Crippen molar-refractivity contribution >= 4 is 17.2 Å². The summed E-state index contributed by atoms with van der Waals surface area (Å²) >= 11 is 5.04. The van der Waals surface area contributed by atoms with E-state index >= 15 is 0 Å².